The second kappa shape index (κ2) is 4.78. The Morgan fingerprint density at radius 3 is 2.53 bits per heavy atom. The minimum atomic E-state index is -0.938. The number of rotatable bonds is 3. The standard InChI is InChI=1S/C14H13NO2/c1-2-10-8-15-9-12(14(16)17)13(10)11-6-4-3-5-7-11/h3-9H,2H2,1H3,(H,16,17). The van der Waals surface area contributed by atoms with Gasteiger partial charge in [0.25, 0.3) is 0 Å². The second-order valence-electron chi connectivity index (χ2n) is 3.75. The summed E-state index contributed by atoms with van der Waals surface area (Å²) >= 11 is 0. The number of hydrogen-bond donors (Lipinski definition) is 1. The van der Waals surface area contributed by atoms with Crippen LogP contribution in [0.3, 0.4) is 0 Å². The van der Waals surface area contributed by atoms with Crippen LogP contribution in [0.15, 0.2) is 42.7 Å². The predicted octanol–water partition coefficient (Wildman–Crippen LogP) is 3.01. The summed E-state index contributed by atoms with van der Waals surface area (Å²) in [7, 11) is 0. The highest BCUT2D eigenvalue weighted by atomic mass is 16.4. The summed E-state index contributed by atoms with van der Waals surface area (Å²) in [5.74, 6) is -0.938. The molecule has 0 bridgehead atoms. The van der Waals surface area contributed by atoms with E-state index in [-0.39, 0.29) is 5.56 Å². The molecule has 3 nitrogen and oxygen atoms in total. The van der Waals surface area contributed by atoms with E-state index in [2.05, 4.69) is 4.98 Å². The molecule has 1 aromatic heterocycles. The first-order chi connectivity index (χ1) is 8.24. The molecular formula is C14H13NO2. The number of aryl methyl sites for hydroxylation is 1. The Morgan fingerprint density at radius 1 is 1.24 bits per heavy atom. The molecule has 0 radical (unpaired) electrons. The zero-order valence-corrected chi connectivity index (χ0v) is 9.55. The maximum Gasteiger partial charge on any atom is 0.337 e. The van der Waals surface area contributed by atoms with E-state index in [1.165, 1.54) is 6.20 Å². The van der Waals surface area contributed by atoms with Gasteiger partial charge < -0.3 is 5.11 Å². The highest BCUT2D eigenvalue weighted by molar-refractivity contribution is 5.96. The summed E-state index contributed by atoms with van der Waals surface area (Å²) < 4.78 is 0. The molecule has 0 aliphatic heterocycles. The van der Waals surface area contributed by atoms with Gasteiger partial charge in [0.15, 0.2) is 0 Å². The van der Waals surface area contributed by atoms with E-state index >= 15 is 0 Å². The molecule has 0 fully saturated rings. The number of pyridine rings is 1. The summed E-state index contributed by atoms with van der Waals surface area (Å²) in [6.45, 7) is 2.00. The zero-order valence-electron chi connectivity index (χ0n) is 9.55. The van der Waals surface area contributed by atoms with Gasteiger partial charge >= 0.3 is 5.97 Å². The van der Waals surface area contributed by atoms with Crippen molar-refractivity contribution in [2.75, 3.05) is 0 Å². The van der Waals surface area contributed by atoms with E-state index in [0.29, 0.717) is 0 Å². The van der Waals surface area contributed by atoms with Crippen molar-refractivity contribution in [3.63, 3.8) is 0 Å². The normalized spacial score (nSPS) is 10.2. The van der Waals surface area contributed by atoms with Gasteiger partial charge in [-0.3, -0.25) is 4.98 Å². The summed E-state index contributed by atoms with van der Waals surface area (Å²) in [4.78, 5) is 15.2. The van der Waals surface area contributed by atoms with Crippen molar-refractivity contribution in [2.45, 2.75) is 13.3 Å². The van der Waals surface area contributed by atoms with Gasteiger partial charge in [-0.15, -0.1) is 0 Å². The van der Waals surface area contributed by atoms with E-state index < -0.39 is 5.97 Å². The summed E-state index contributed by atoms with van der Waals surface area (Å²) in [6, 6.07) is 9.56. The second-order valence-corrected chi connectivity index (χ2v) is 3.75. The average molecular weight is 227 g/mol. The Labute approximate surface area is 99.8 Å². The lowest BCUT2D eigenvalue weighted by molar-refractivity contribution is 0.0697. The van der Waals surface area contributed by atoms with Crippen molar-refractivity contribution in [3.8, 4) is 11.1 Å². The number of hydrogen-bond acceptors (Lipinski definition) is 2. The largest absolute Gasteiger partial charge is 0.478 e. The van der Waals surface area contributed by atoms with Crippen molar-refractivity contribution < 1.29 is 9.90 Å². The van der Waals surface area contributed by atoms with Gasteiger partial charge in [-0.05, 0) is 17.5 Å². The molecule has 1 heterocycles. The van der Waals surface area contributed by atoms with Crippen LogP contribution in [0.5, 0.6) is 0 Å². The fourth-order valence-corrected chi connectivity index (χ4v) is 1.88. The van der Waals surface area contributed by atoms with Crippen LogP contribution >= 0.6 is 0 Å². The molecule has 1 N–H and O–H groups in total. The number of carboxylic acid groups (broad SMARTS) is 1. The van der Waals surface area contributed by atoms with E-state index in [0.717, 1.165) is 23.1 Å². The van der Waals surface area contributed by atoms with E-state index in [1.807, 2.05) is 37.3 Å². The first kappa shape index (κ1) is 11.3. The van der Waals surface area contributed by atoms with Crippen molar-refractivity contribution >= 4 is 5.97 Å². The lowest BCUT2D eigenvalue weighted by Gasteiger charge is -2.10. The molecule has 0 aliphatic rings. The summed E-state index contributed by atoms with van der Waals surface area (Å²) in [6.07, 6.45) is 3.90. The molecule has 0 saturated carbocycles. The quantitative estimate of drug-likeness (QED) is 0.876. The molecule has 3 heteroatoms. The van der Waals surface area contributed by atoms with Crippen molar-refractivity contribution in [1.29, 1.82) is 0 Å². The highest BCUT2D eigenvalue weighted by Gasteiger charge is 2.15. The molecule has 86 valence electrons. The molecule has 2 rings (SSSR count). The third-order valence-corrected chi connectivity index (χ3v) is 2.70. The minimum absolute atomic E-state index is 0.260. The Morgan fingerprint density at radius 2 is 1.94 bits per heavy atom. The van der Waals surface area contributed by atoms with E-state index in [1.54, 1.807) is 6.20 Å². The molecule has 0 amide bonds. The Balaban J connectivity index is 2.69. The monoisotopic (exact) mass is 227 g/mol. The fraction of sp³-hybridized carbons (Fsp3) is 0.143. The molecule has 0 atom stereocenters. The highest BCUT2D eigenvalue weighted by Crippen LogP contribution is 2.27. The Hall–Kier alpha value is -2.16. The van der Waals surface area contributed by atoms with Crippen LogP contribution in [-0.2, 0) is 6.42 Å². The lowest BCUT2D eigenvalue weighted by atomic mass is 9.95. The molecule has 0 unspecified atom stereocenters. The summed E-state index contributed by atoms with van der Waals surface area (Å²) in [5.41, 5.74) is 2.91. The lowest BCUT2D eigenvalue weighted by Crippen LogP contribution is -2.03. The van der Waals surface area contributed by atoms with Crippen LogP contribution in [-0.4, -0.2) is 16.1 Å². The first-order valence-corrected chi connectivity index (χ1v) is 5.49. The van der Waals surface area contributed by atoms with E-state index in [9.17, 15) is 9.90 Å². The smallest absolute Gasteiger partial charge is 0.337 e. The third-order valence-electron chi connectivity index (χ3n) is 2.70. The van der Waals surface area contributed by atoms with Crippen molar-refractivity contribution in [1.82, 2.24) is 4.98 Å². The van der Waals surface area contributed by atoms with Crippen molar-refractivity contribution in [2.24, 2.45) is 0 Å². The van der Waals surface area contributed by atoms with E-state index in [4.69, 9.17) is 0 Å². The van der Waals surface area contributed by atoms with Crippen molar-refractivity contribution in [3.05, 3.63) is 53.9 Å². The maximum absolute atomic E-state index is 11.2. The molecule has 17 heavy (non-hydrogen) atoms. The average Bonchev–Trinajstić information content (AvgIpc) is 2.38. The molecule has 0 spiro atoms. The summed E-state index contributed by atoms with van der Waals surface area (Å²) in [5, 5.41) is 9.21. The molecule has 0 saturated heterocycles. The number of nitrogens with zero attached hydrogens (tertiary/aromatic N) is 1. The zero-order chi connectivity index (χ0) is 12.3. The number of carboxylic acids is 1. The number of aromatic nitrogens is 1. The fourth-order valence-electron chi connectivity index (χ4n) is 1.88. The van der Waals surface area contributed by atoms with Gasteiger partial charge in [0.05, 0.1) is 5.56 Å². The van der Waals surface area contributed by atoms with Gasteiger partial charge in [0, 0.05) is 18.0 Å². The SMILES string of the molecule is CCc1cncc(C(=O)O)c1-c1ccccc1. The third kappa shape index (κ3) is 2.18. The Bertz CT molecular complexity index is 535. The Kier molecular flexibility index (Phi) is 3.19. The molecule has 1 aromatic carbocycles. The van der Waals surface area contributed by atoms with Gasteiger partial charge in [0.2, 0.25) is 0 Å². The molecule has 2 aromatic rings. The minimum Gasteiger partial charge on any atom is -0.478 e. The van der Waals surface area contributed by atoms with Gasteiger partial charge in [-0.25, -0.2) is 4.79 Å². The number of aromatic carboxylic acids is 1. The van der Waals surface area contributed by atoms with Gasteiger partial charge in [-0.1, -0.05) is 37.3 Å². The van der Waals surface area contributed by atoms with Crippen LogP contribution in [0.4, 0.5) is 0 Å². The predicted molar refractivity (Wildman–Crippen MR) is 66.0 cm³/mol. The van der Waals surface area contributed by atoms with Gasteiger partial charge in [-0.2, -0.15) is 0 Å². The number of carbonyl (C=O) groups is 1. The van der Waals surface area contributed by atoms with Crippen LogP contribution < -0.4 is 0 Å². The maximum atomic E-state index is 11.2. The topological polar surface area (TPSA) is 50.2 Å². The van der Waals surface area contributed by atoms with Gasteiger partial charge in [0.1, 0.15) is 0 Å². The van der Waals surface area contributed by atoms with Crippen LogP contribution in [0, 0.1) is 0 Å². The molecular weight excluding hydrogens is 214 g/mol. The number of benzene rings is 1. The first-order valence-electron chi connectivity index (χ1n) is 5.49. The molecule has 0 aliphatic carbocycles. The van der Waals surface area contributed by atoms with Crippen LogP contribution in [0.1, 0.15) is 22.8 Å². The van der Waals surface area contributed by atoms with Crippen LogP contribution in [0.25, 0.3) is 11.1 Å². The van der Waals surface area contributed by atoms with Crippen LogP contribution in [0.2, 0.25) is 0 Å².